The van der Waals surface area contributed by atoms with E-state index in [4.69, 9.17) is 0 Å². The second kappa shape index (κ2) is 4.69. The quantitative estimate of drug-likeness (QED) is 0.844. The molecule has 1 unspecified atom stereocenters. The van der Waals surface area contributed by atoms with Crippen molar-refractivity contribution in [2.75, 3.05) is 0 Å². The van der Waals surface area contributed by atoms with Gasteiger partial charge in [0.15, 0.2) is 0 Å². The van der Waals surface area contributed by atoms with E-state index in [1.807, 2.05) is 20.8 Å². The zero-order chi connectivity index (χ0) is 13.3. The first-order chi connectivity index (χ1) is 7.60. The van der Waals surface area contributed by atoms with Crippen molar-refractivity contribution in [3.8, 4) is 0 Å². The molecule has 0 aliphatic heterocycles. The van der Waals surface area contributed by atoms with Crippen LogP contribution in [0, 0.1) is 5.41 Å². The molecule has 1 nitrogen and oxygen atoms in total. The second-order valence-corrected chi connectivity index (χ2v) is 5.28. The fourth-order valence-electron chi connectivity index (χ4n) is 1.36. The Bertz CT molecular complexity index is 360. The largest absolute Gasteiger partial charge is 0.416 e. The van der Waals surface area contributed by atoms with Crippen molar-refractivity contribution in [2.24, 2.45) is 5.41 Å². The van der Waals surface area contributed by atoms with Gasteiger partial charge in [0.2, 0.25) is 0 Å². The minimum atomic E-state index is -4.30. The third kappa shape index (κ3) is 4.04. The Balaban J connectivity index is 2.76. The molecule has 0 saturated heterocycles. The highest BCUT2D eigenvalue weighted by atomic mass is 19.4. The number of hydrogen-bond acceptors (Lipinski definition) is 1. The minimum absolute atomic E-state index is 0.275. The van der Waals surface area contributed by atoms with Crippen LogP contribution in [-0.2, 0) is 12.6 Å². The standard InChI is InChI=1S/C13H17F3O/c1-12(2,3)11(17)8-9-4-6-10(7-5-9)13(14,15)16/h4-7,11,17H,8H2,1-3H3. The Morgan fingerprint density at radius 1 is 1.06 bits per heavy atom. The Hall–Kier alpha value is -1.03. The fraction of sp³-hybridized carbons (Fsp3) is 0.538. The summed E-state index contributed by atoms with van der Waals surface area (Å²) in [5.41, 5.74) is -0.227. The van der Waals surface area contributed by atoms with E-state index < -0.39 is 17.8 Å². The zero-order valence-corrected chi connectivity index (χ0v) is 10.2. The first-order valence-electron chi connectivity index (χ1n) is 5.45. The van der Waals surface area contributed by atoms with Crippen LogP contribution in [0.5, 0.6) is 0 Å². The average molecular weight is 246 g/mol. The molecule has 0 aliphatic rings. The van der Waals surface area contributed by atoms with E-state index in [1.165, 1.54) is 12.1 Å². The van der Waals surface area contributed by atoms with Crippen molar-refractivity contribution in [1.82, 2.24) is 0 Å². The SMILES string of the molecule is CC(C)(C)C(O)Cc1ccc(C(F)(F)F)cc1. The van der Waals surface area contributed by atoms with Crippen molar-refractivity contribution in [1.29, 1.82) is 0 Å². The summed E-state index contributed by atoms with van der Waals surface area (Å²) in [6.07, 6.45) is -4.51. The highest BCUT2D eigenvalue weighted by Gasteiger charge is 2.30. The van der Waals surface area contributed by atoms with E-state index in [1.54, 1.807) is 0 Å². The maximum Gasteiger partial charge on any atom is 0.416 e. The van der Waals surface area contributed by atoms with Gasteiger partial charge < -0.3 is 5.11 Å². The van der Waals surface area contributed by atoms with Crippen LogP contribution in [0.4, 0.5) is 13.2 Å². The van der Waals surface area contributed by atoms with Gasteiger partial charge in [0.25, 0.3) is 0 Å². The Morgan fingerprint density at radius 3 is 1.88 bits per heavy atom. The van der Waals surface area contributed by atoms with Crippen LogP contribution in [0.1, 0.15) is 31.9 Å². The van der Waals surface area contributed by atoms with Gasteiger partial charge >= 0.3 is 6.18 Å². The van der Waals surface area contributed by atoms with E-state index in [0.717, 1.165) is 12.1 Å². The molecule has 0 heterocycles. The van der Waals surface area contributed by atoms with Gasteiger partial charge in [-0.25, -0.2) is 0 Å². The molecule has 0 spiro atoms. The van der Waals surface area contributed by atoms with Crippen molar-refractivity contribution < 1.29 is 18.3 Å². The lowest BCUT2D eigenvalue weighted by atomic mass is 9.85. The van der Waals surface area contributed by atoms with E-state index in [2.05, 4.69) is 0 Å². The molecule has 1 N–H and O–H groups in total. The number of hydrogen-bond donors (Lipinski definition) is 1. The topological polar surface area (TPSA) is 20.2 Å². The van der Waals surface area contributed by atoms with E-state index in [9.17, 15) is 18.3 Å². The normalized spacial score (nSPS) is 14.8. The first-order valence-corrected chi connectivity index (χ1v) is 5.45. The zero-order valence-electron chi connectivity index (χ0n) is 10.2. The van der Waals surface area contributed by atoms with Crippen LogP contribution < -0.4 is 0 Å². The minimum Gasteiger partial charge on any atom is -0.392 e. The molecule has 1 rings (SSSR count). The van der Waals surface area contributed by atoms with Crippen molar-refractivity contribution >= 4 is 0 Å². The lowest BCUT2D eigenvalue weighted by Gasteiger charge is -2.25. The maximum atomic E-state index is 12.3. The Labute approximate surface area is 99.3 Å². The van der Waals surface area contributed by atoms with Crippen molar-refractivity contribution in [2.45, 2.75) is 39.5 Å². The molecular formula is C13H17F3O. The molecule has 0 aromatic heterocycles. The number of alkyl halides is 3. The lowest BCUT2D eigenvalue weighted by Crippen LogP contribution is -2.28. The van der Waals surface area contributed by atoms with Gasteiger partial charge in [-0.15, -0.1) is 0 Å². The summed E-state index contributed by atoms with van der Waals surface area (Å²) in [5, 5.41) is 9.85. The second-order valence-electron chi connectivity index (χ2n) is 5.28. The predicted molar refractivity (Wildman–Crippen MR) is 60.6 cm³/mol. The Kier molecular flexibility index (Phi) is 3.87. The van der Waals surface area contributed by atoms with Gasteiger partial charge in [0.1, 0.15) is 0 Å². The van der Waals surface area contributed by atoms with E-state index >= 15 is 0 Å². The highest BCUT2D eigenvalue weighted by Crippen LogP contribution is 2.29. The summed E-state index contributed by atoms with van der Waals surface area (Å²) in [5.74, 6) is 0. The molecule has 0 amide bonds. The summed E-state index contributed by atoms with van der Waals surface area (Å²) in [7, 11) is 0. The summed E-state index contributed by atoms with van der Waals surface area (Å²) in [6.45, 7) is 5.67. The monoisotopic (exact) mass is 246 g/mol. The molecule has 1 aromatic rings. The van der Waals surface area contributed by atoms with Gasteiger partial charge in [0.05, 0.1) is 11.7 Å². The summed E-state index contributed by atoms with van der Waals surface area (Å²) in [4.78, 5) is 0. The van der Waals surface area contributed by atoms with Gasteiger partial charge in [-0.05, 0) is 29.5 Å². The molecule has 17 heavy (non-hydrogen) atoms. The van der Waals surface area contributed by atoms with Crippen LogP contribution in [-0.4, -0.2) is 11.2 Å². The molecule has 4 heteroatoms. The highest BCUT2D eigenvalue weighted by molar-refractivity contribution is 5.25. The molecule has 0 bridgehead atoms. The number of rotatable bonds is 2. The molecule has 0 fully saturated rings. The Morgan fingerprint density at radius 2 is 1.53 bits per heavy atom. The number of halogens is 3. The van der Waals surface area contributed by atoms with Crippen LogP contribution >= 0.6 is 0 Å². The maximum absolute atomic E-state index is 12.3. The summed E-state index contributed by atoms with van der Waals surface area (Å²) < 4.78 is 37.0. The number of aliphatic hydroxyl groups excluding tert-OH is 1. The van der Waals surface area contributed by atoms with Gasteiger partial charge in [-0.3, -0.25) is 0 Å². The van der Waals surface area contributed by atoms with Gasteiger partial charge in [-0.2, -0.15) is 13.2 Å². The third-order valence-corrected chi connectivity index (χ3v) is 2.71. The smallest absolute Gasteiger partial charge is 0.392 e. The van der Waals surface area contributed by atoms with Crippen LogP contribution in [0.15, 0.2) is 24.3 Å². The average Bonchev–Trinajstić information content (AvgIpc) is 2.15. The predicted octanol–water partition coefficient (Wildman–Crippen LogP) is 3.65. The van der Waals surface area contributed by atoms with E-state index in [0.29, 0.717) is 12.0 Å². The van der Waals surface area contributed by atoms with Gasteiger partial charge in [0, 0.05) is 0 Å². The summed E-state index contributed by atoms with van der Waals surface area (Å²) >= 11 is 0. The van der Waals surface area contributed by atoms with E-state index in [-0.39, 0.29) is 5.41 Å². The molecule has 0 saturated carbocycles. The molecule has 1 aromatic carbocycles. The number of benzene rings is 1. The lowest BCUT2D eigenvalue weighted by molar-refractivity contribution is -0.137. The van der Waals surface area contributed by atoms with Crippen LogP contribution in [0.2, 0.25) is 0 Å². The third-order valence-electron chi connectivity index (χ3n) is 2.71. The number of aliphatic hydroxyl groups is 1. The van der Waals surface area contributed by atoms with Crippen molar-refractivity contribution in [3.63, 3.8) is 0 Å². The molecule has 1 atom stereocenters. The van der Waals surface area contributed by atoms with Crippen LogP contribution in [0.25, 0.3) is 0 Å². The molecular weight excluding hydrogens is 229 g/mol. The van der Waals surface area contributed by atoms with Crippen LogP contribution in [0.3, 0.4) is 0 Å². The molecule has 0 aliphatic carbocycles. The van der Waals surface area contributed by atoms with Crippen molar-refractivity contribution in [3.05, 3.63) is 35.4 Å². The summed E-state index contributed by atoms with van der Waals surface area (Å²) in [6, 6.07) is 4.92. The molecule has 0 radical (unpaired) electrons. The first kappa shape index (κ1) is 14.0. The van der Waals surface area contributed by atoms with Gasteiger partial charge in [-0.1, -0.05) is 32.9 Å². The molecule has 96 valence electrons. The fourth-order valence-corrected chi connectivity index (χ4v) is 1.36.